The molecular weight excluding hydrogens is 286 g/mol. The van der Waals surface area contributed by atoms with Crippen LogP contribution in [0.3, 0.4) is 0 Å². The smallest absolute Gasteiger partial charge is 0.140 e. The molecule has 2 nitrogen and oxygen atoms in total. The zero-order chi connectivity index (χ0) is 13.8. The summed E-state index contributed by atoms with van der Waals surface area (Å²) in [7, 11) is 0. The number of hydrogen-bond acceptors (Lipinski definition) is 2. The molecular formula is C14H9Cl2FN2. The molecule has 1 N–H and O–H groups in total. The number of halogens is 3. The molecule has 0 amide bonds. The van der Waals surface area contributed by atoms with Crippen LogP contribution in [0.4, 0.5) is 10.1 Å². The average molecular weight is 295 g/mol. The van der Waals surface area contributed by atoms with Gasteiger partial charge in [-0.1, -0.05) is 23.2 Å². The van der Waals surface area contributed by atoms with Gasteiger partial charge in [0.15, 0.2) is 0 Å². The highest BCUT2D eigenvalue weighted by Crippen LogP contribution is 2.25. The molecule has 1 atom stereocenters. The summed E-state index contributed by atoms with van der Waals surface area (Å²) in [6.07, 6.45) is 0. The number of rotatable bonds is 3. The van der Waals surface area contributed by atoms with Crippen molar-refractivity contribution in [1.82, 2.24) is 0 Å². The van der Waals surface area contributed by atoms with Crippen LogP contribution < -0.4 is 5.32 Å². The van der Waals surface area contributed by atoms with Crippen molar-refractivity contribution in [2.75, 3.05) is 5.32 Å². The minimum Gasteiger partial charge on any atom is -0.366 e. The van der Waals surface area contributed by atoms with Gasteiger partial charge >= 0.3 is 0 Å². The van der Waals surface area contributed by atoms with E-state index in [1.165, 1.54) is 12.1 Å². The van der Waals surface area contributed by atoms with Crippen LogP contribution >= 0.6 is 23.2 Å². The minimum atomic E-state index is -0.610. The van der Waals surface area contributed by atoms with Gasteiger partial charge in [0.2, 0.25) is 0 Å². The minimum absolute atomic E-state index is 0.329. The molecule has 0 radical (unpaired) electrons. The molecule has 0 spiro atoms. The highest BCUT2D eigenvalue weighted by atomic mass is 35.5. The highest BCUT2D eigenvalue weighted by Gasteiger charge is 2.12. The van der Waals surface area contributed by atoms with E-state index >= 15 is 0 Å². The van der Waals surface area contributed by atoms with Gasteiger partial charge in [0, 0.05) is 15.7 Å². The second-order valence-corrected chi connectivity index (χ2v) is 4.79. The van der Waals surface area contributed by atoms with Gasteiger partial charge in [0.1, 0.15) is 11.9 Å². The number of hydrogen-bond donors (Lipinski definition) is 1. The summed E-state index contributed by atoms with van der Waals surface area (Å²) in [6.45, 7) is 0. The molecule has 0 bridgehead atoms. The van der Waals surface area contributed by atoms with Crippen molar-refractivity contribution in [3.8, 4) is 6.07 Å². The summed E-state index contributed by atoms with van der Waals surface area (Å²) < 4.78 is 12.8. The van der Waals surface area contributed by atoms with Crippen LogP contribution in [0.15, 0.2) is 42.5 Å². The SMILES string of the molecule is N#CC(Nc1ccc(F)cc1)c1cc(Cl)cc(Cl)c1. The van der Waals surface area contributed by atoms with E-state index in [0.717, 1.165) is 0 Å². The van der Waals surface area contributed by atoms with E-state index in [4.69, 9.17) is 23.2 Å². The van der Waals surface area contributed by atoms with Crippen LogP contribution in [-0.4, -0.2) is 0 Å². The predicted molar refractivity (Wildman–Crippen MR) is 74.8 cm³/mol. The highest BCUT2D eigenvalue weighted by molar-refractivity contribution is 6.34. The summed E-state index contributed by atoms with van der Waals surface area (Å²) in [5.74, 6) is -0.329. The lowest BCUT2D eigenvalue weighted by atomic mass is 10.1. The van der Waals surface area contributed by atoms with Gasteiger partial charge in [0.25, 0.3) is 0 Å². The van der Waals surface area contributed by atoms with E-state index in [0.29, 0.717) is 21.3 Å². The zero-order valence-corrected chi connectivity index (χ0v) is 11.2. The Hall–Kier alpha value is -1.76. The van der Waals surface area contributed by atoms with Gasteiger partial charge in [-0.25, -0.2) is 4.39 Å². The fourth-order valence-electron chi connectivity index (χ4n) is 1.64. The quantitative estimate of drug-likeness (QED) is 0.882. The number of nitrogens with one attached hydrogen (secondary N) is 1. The number of nitriles is 1. The third-order valence-corrected chi connectivity index (χ3v) is 2.94. The molecule has 0 aliphatic heterocycles. The number of nitrogens with zero attached hydrogens (tertiary/aromatic N) is 1. The Labute approximate surface area is 120 Å². The first kappa shape index (κ1) is 13.7. The number of anilines is 1. The summed E-state index contributed by atoms with van der Waals surface area (Å²) in [4.78, 5) is 0. The fourth-order valence-corrected chi connectivity index (χ4v) is 2.19. The van der Waals surface area contributed by atoms with Crippen LogP contribution in [0.1, 0.15) is 11.6 Å². The molecule has 96 valence electrons. The van der Waals surface area contributed by atoms with E-state index in [1.807, 2.05) is 0 Å². The van der Waals surface area contributed by atoms with Crippen molar-refractivity contribution in [3.63, 3.8) is 0 Å². The Bertz CT molecular complexity index is 600. The molecule has 2 aromatic carbocycles. The lowest BCUT2D eigenvalue weighted by molar-refractivity contribution is 0.628. The molecule has 0 fully saturated rings. The zero-order valence-electron chi connectivity index (χ0n) is 9.70. The molecule has 0 aliphatic carbocycles. The lowest BCUT2D eigenvalue weighted by Gasteiger charge is -2.14. The van der Waals surface area contributed by atoms with Crippen molar-refractivity contribution in [2.45, 2.75) is 6.04 Å². The molecule has 2 rings (SSSR count). The monoisotopic (exact) mass is 294 g/mol. The lowest BCUT2D eigenvalue weighted by Crippen LogP contribution is -2.08. The van der Waals surface area contributed by atoms with Crippen LogP contribution in [0.5, 0.6) is 0 Å². The second-order valence-electron chi connectivity index (χ2n) is 3.92. The summed E-state index contributed by atoms with van der Waals surface area (Å²) in [5.41, 5.74) is 1.30. The Morgan fingerprint density at radius 2 is 1.63 bits per heavy atom. The average Bonchev–Trinajstić information content (AvgIpc) is 2.37. The first-order chi connectivity index (χ1) is 9.08. The maximum Gasteiger partial charge on any atom is 0.140 e. The largest absolute Gasteiger partial charge is 0.366 e. The Balaban J connectivity index is 2.25. The molecule has 0 aromatic heterocycles. The van der Waals surface area contributed by atoms with Gasteiger partial charge in [-0.2, -0.15) is 5.26 Å². The van der Waals surface area contributed by atoms with E-state index in [-0.39, 0.29) is 5.82 Å². The number of benzene rings is 2. The third kappa shape index (κ3) is 3.60. The van der Waals surface area contributed by atoms with Gasteiger partial charge in [-0.05, 0) is 48.0 Å². The Kier molecular flexibility index (Phi) is 4.26. The molecule has 19 heavy (non-hydrogen) atoms. The van der Waals surface area contributed by atoms with Crippen molar-refractivity contribution in [2.24, 2.45) is 0 Å². The molecule has 2 aromatic rings. The van der Waals surface area contributed by atoms with Crippen molar-refractivity contribution in [1.29, 1.82) is 5.26 Å². The van der Waals surface area contributed by atoms with Gasteiger partial charge in [0.05, 0.1) is 6.07 Å². The molecule has 1 unspecified atom stereocenters. The summed E-state index contributed by atoms with van der Waals surface area (Å²) in [6, 6.07) is 12.2. The van der Waals surface area contributed by atoms with Crippen molar-refractivity contribution < 1.29 is 4.39 Å². The van der Waals surface area contributed by atoms with Crippen LogP contribution in [0, 0.1) is 17.1 Å². The maximum absolute atomic E-state index is 12.8. The molecule has 5 heteroatoms. The van der Waals surface area contributed by atoms with Crippen molar-refractivity contribution >= 4 is 28.9 Å². The van der Waals surface area contributed by atoms with Gasteiger partial charge < -0.3 is 5.32 Å². The van der Waals surface area contributed by atoms with Crippen LogP contribution in [0.25, 0.3) is 0 Å². The van der Waals surface area contributed by atoms with Gasteiger partial charge in [-0.15, -0.1) is 0 Å². The Morgan fingerprint density at radius 3 is 2.16 bits per heavy atom. The van der Waals surface area contributed by atoms with E-state index in [9.17, 15) is 9.65 Å². The molecule has 0 saturated carbocycles. The van der Waals surface area contributed by atoms with E-state index < -0.39 is 6.04 Å². The predicted octanol–water partition coefficient (Wildman–Crippen LogP) is 4.81. The molecule has 0 heterocycles. The normalized spacial score (nSPS) is 11.7. The molecule has 0 aliphatic rings. The standard InChI is InChI=1S/C14H9Cl2FN2/c15-10-5-9(6-11(16)7-10)14(8-18)19-13-3-1-12(17)2-4-13/h1-7,14,19H. The third-order valence-electron chi connectivity index (χ3n) is 2.50. The second kappa shape index (κ2) is 5.92. The Morgan fingerprint density at radius 1 is 1.05 bits per heavy atom. The summed E-state index contributed by atoms with van der Waals surface area (Å²) >= 11 is 11.8. The first-order valence-electron chi connectivity index (χ1n) is 5.46. The van der Waals surface area contributed by atoms with Crippen molar-refractivity contribution in [3.05, 3.63) is 63.9 Å². The van der Waals surface area contributed by atoms with Crippen LogP contribution in [0.2, 0.25) is 10.0 Å². The van der Waals surface area contributed by atoms with E-state index in [2.05, 4.69) is 11.4 Å². The fraction of sp³-hybridized carbons (Fsp3) is 0.0714. The summed E-state index contributed by atoms with van der Waals surface area (Å²) in [5, 5.41) is 13.1. The van der Waals surface area contributed by atoms with Gasteiger partial charge in [-0.3, -0.25) is 0 Å². The molecule has 0 saturated heterocycles. The maximum atomic E-state index is 12.8. The van der Waals surface area contributed by atoms with E-state index in [1.54, 1.807) is 30.3 Å². The van der Waals surface area contributed by atoms with Crippen LogP contribution in [-0.2, 0) is 0 Å². The topological polar surface area (TPSA) is 35.8 Å². The first-order valence-corrected chi connectivity index (χ1v) is 6.22.